The topological polar surface area (TPSA) is 32.3 Å². The van der Waals surface area contributed by atoms with Crippen molar-refractivity contribution in [2.24, 2.45) is 11.8 Å². The van der Waals surface area contributed by atoms with E-state index in [-0.39, 0.29) is 11.8 Å². The molecular formula is C15H22N2O. The molecule has 3 nitrogen and oxygen atoms in total. The highest BCUT2D eigenvalue weighted by Gasteiger charge is 2.38. The molecule has 0 spiro atoms. The fraction of sp³-hybridized carbons (Fsp3) is 0.533. The van der Waals surface area contributed by atoms with Crippen molar-refractivity contribution in [3.63, 3.8) is 0 Å². The van der Waals surface area contributed by atoms with Gasteiger partial charge >= 0.3 is 0 Å². The third-order valence-electron chi connectivity index (χ3n) is 3.61. The van der Waals surface area contributed by atoms with Gasteiger partial charge in [0.05, 0.1) is 0 Å². The summed E-state index contributed by atoms with van der Waals surface area (Å²) in [6.45, 7) is 3.87. The molecule has 0 aliphatic heterocycles. The van der Waals surface area contributed by atoms with Crippen molar-refractivity contribution in [1.29, 1.82) is 0 Å². The smallest absolute Gasteiger partial charge is 0.223 e. The number of hydrogen-bond donors (Lipinski definition) is 1. The number of benzene rings is 1. The predicted molar refractivity (Wildman–Crippen MR) is 74.6 cm³/mol. The molecule has 0 bridgehead atoms. The number of amides is 1. The van der Waals surface area contributed by atoms with Crippen LogP contribution in [-0.2, 0) is 4.79 Å². The lowest BCUT2D eigenvalue weighted by Crippen LogP contribution is -2.29. The average Bonchev–Trinajstić information content (AvgIpc) is 3.12. The van der Waals surface area contributed by atoms with Crippen molar-refractivity contribution < 1.29 is 4.79 Å². The number of nitrogens with zero attached hydrogens (tertiary/aromatic N) is 1. The SMILES string of the molecule is CC1CC1C(=O)NCCCN(C)c1ccccc1. The Morgan fingerprint density at radius 2 is 2.06 bits per heavy atom. The Morgan fingerprint density at radius 1 is 1.39 bits per heavy atom. The minimum absolute atomic E-state index is 0.241. The molecule has 1 N–H and O–H groups in total. The highest BCUT2D eigenvalue weighted by molar-refractivity contribution is 5.81. The van der Waals surface area contributed by atoms with Crippen LogP contribution in [0.3, 0.4) is 0 Å². The fourth-order valence-corrected chi connectivity index (χ4v) is 2.16. The molecule has 1 aliphatic rings. The van der Waals surface area contributed by atoms with Crippen LogP contribution in [0, 0.1) is 11.8 Å². The predicted octanol–water partition coefficient (Wildman–Crippen LogP) is 2.29. The second-order valence-electron chi connectivity index (χ2n) is 5.22. The maximum Gasteiger partial charge on any atom is 0.223 e. The van der Waals surface area contributed by atoms with E-state index in [1.807, 2.05) is 18.2 Å². The Hall–Kier alpha value is -1.51. The van der Waals surface area contributed by atoms with Crippen LogP contribution in [0.15, 0.2) is 30.3 Å². The summed E-state index contributed by atoms with van der Waals surface area (Å²) in [6, 6.07) is 10.3. The quantitative estimate of drug-likeness (QED) is 0.781. The normalized spacial score (nSPS) is 21.4. The average molecular weight is 246 g/mol. The van der Waals surface area contributed by atoms with Crippen molar-refractivity contribution in [2.45, 2.75) is 19.8 Å². The van der Waals surface area contributed by atoms with Crippen molar-refractivity contribution in [1.82, 2.24) is 5.32 Å². The number of carbonyl (C=O) groups excluding carboxylic acids is 1. The number of para-hydroxylation sites is 1. The van der Waals surface area contributed by atoms with Crippen molar-refractivity contribution in [2.75, 3.05) is 25.0 Å². The second-order valence-corrected chi connectivity index (χ2v) is 5.22. The van der Waals surface area contributed by atoms with E-state index < -0.39 is 0 Å². The Morgan fingerprint density at radius 3 is 2.67 bits per heavy atom. The van der Waals surface area contributed by atoms with E-state index >= 15 is 0 Å². The van der Waals surface area contributed by atoms with Crippen LogP contribution in [0.4, 0.5) is 5.69 Å². The maximum atomic E-state index is 11.6. The fourth-order valence-electron chi connectivity index (χ4n) is 2.16. The number of nitrogens with one attached hydrogen (secondary N) is 1. The largest absolute Gasteiger partial charge is 0.375 e. The van der Waals surface area contributed by atoms with Crippen LogP contribution >= 0.6 is 0 Å². The molecule has 0 saturated heterocycles. The highest BCUT2D eigenvalue weighted by Crippen LogP contribution is 2.37. The Kier molecular flexibility index (Phi) is 4.24. The standard InChI is InChI=1S/C15H22N2O/c1-12-11-14(12)15(18)16-9-6-10-17(2)13-7-4-3-5-8-13/h3-5,7-8,12,14H,6,9-11H2,1-2H3,(H,16,18). The summed E-state index contributed by atoms with van der Waals surface area (Å²) in [5, 5.41) is 3.02. The minimum Gasteiger partial charge on any atom is -0.375 e. The lowest BCUT2D eigenvalue weighted by Gasteiger charge is -2.19. The number of rotatable bonds is 6. The van der Waals surface area contributed by atoms with Gasteiger partial charge in [-0.05, 0) is 30.9 Å². The van der Waals surface area contributed by atoms with Gasteiger partial charge in [0.1, 0.15) is 0 Å². The summed E-state index contributed by atoms with van der Waals surface area (Å²) in [5.41, 5.74) is 1.22. The van der Waals surface area contributed by atoms with Gasteiger partial charge in [0.25, 0.3) is 0 Å². The molecule has 0 radical (unpaired) electrons. The molecule has 18 heavy (non-hydrogen) atoms. The molecule has 2 rings (SSSR count). The summed E-state index contributed by atoms with van der Waals surface area (Å²) in [5.74, 6) is 1.12. The van der Waals surface area contributed by atoms with E-state index in [9.17, 15) is 4.79 Å². The number of hydrogen-bond acceptors (Lipinski definition) is 2. The van der Waals surface area contributed by atoms with Gasteiger partial charge in [-0.15, -0.1) is 0 Å². The van der Waals surface area contributed by atoms with Crippen molar-refractivity contribution >= 4 is 11.6 Å². The summed E-state index contributed by atoms with van der Waals surface area (Å²) in [7, 11) is 2.08. The Labute approximate surface area is 109 Å². The lowest BCUT2D eigenvalue weighted by atomic mass is 10.2. The minimum atomic E-state index is 0.241. The maximum absolute atomic E-state index is 11.6. The first kappa shape index (κ1) is 12.9. The number of carbonyl (C=O) groups is 1. The zero-order valence-corrected chi connectivity index (χ0v) is 11.2. The van der Waals surface area contributed by atoms with E-state index in [0.29, 0.717) is 5.92 Å². The van der Waals surface area contributed by atoms with E-state index in [1.165, 1.54) is 5.69 Å². The molecule has 1 aliphatic carbocycles. The van der Waals surface area contributed by atoms with Crippen LogP contribution in [0.1, 0.15) is 19.8 Å². The monoisotopic (exact) mass is 246 g/mol. The van der Waals surface area contributed by atoms with Crippen LogP contribution in [0.25, 0.3) is 0 Å². The van der Waals surface area contributed by atoms with E-state index in [2.05, 4.69) is 36.3 Å². The van der Waals surface area contributed by atoms with Crippen molar-refractivity contribution in [3.8, 4) is 0 Å². The summed E-state index contributed by atoms with van der Waals surface area (Å²) in [4.78, 5) is 13.8. The molecule has 3 heteroatoms. The van der Waals surface area contributed by atoms with Gasteiger partial charge in [-0.25, -0.2) is 0 Å². The summed E-state index contributed by atoms with van der Waals surface area (Å²) < 4.78 is 0. The van der Waals surface area contributed by atoms with Crippen LogP contribution in [0.2, 0.25) is 0 Å². The molecular weight excluding hydrogens is 224 g/mol. The second kappa shape index (κ2) is 5.89. The zero-order chi connectivity index (χ0) is 13.0. The molecule has 1 aromatic rings. The Balaban J connectivity index is 1.62. The molecule has 1 aromatic carbocycles. The molecule has 2 atom stereocenters. The molecule has 1 amide bonds. The first-order chi connectivity index (χ1) is 8.68. The third-order valence-corrected chi connectivity index (χ3v) is 3.61. The molecule has 1 fully saturated rings. The van der Waals surface area contributed by atoms with Gasteiger partial charge in [0.2, 0.25) is 5.91 Å². The summed E-state index contributed by atoms with van der Waals surface area (Å²) >= 11 is 0. The van der Waals surface area contributed by atoms with Gasteiger partial charge in [-0.3, -0.25) is 4.79 Å². The van der Waals surface area contributed by atoms with Crippen LogP contribution in [0.5, 0.6) is 0 Å². The molecule has 0 aromatic heterocycles. The molecule has 1 saturated carbocycles. The van der Waals surface area contributed by atoms with E-state index in [4.69, 9.17) is 0 Å². The third kappa shape index (κ3) is 3.49. The van der Waals surface area contributed by atoms with Gasteiger partial charge in [0, 0.05) is 31.7 Å². The van der Waals surface area contributed by atoms with E-state index in [0.717, 1.165) is 25.9 Å². The van der Waals surface area contributed by atoms with Gasteiger partial charge in [0.15, 0.2) is 0 Å². The number of anilines is 1. The lowest BCUT2D eigenvalue weighted by molar-refractivity contribution is -0.122. The van der Waals surface area contributed by atoms with Gasteiger partial charge < -0.3 is 10.2 Å². The van der Waals surface area contributed by atoms with Crippen LogP contribution < -0.4 is 10.2 Å². The molecule has 0 heterocycles. The summed E-state index contributed by atoms with van der Waals surface area (Å²) in [6.07, 6.45) is 2.05. The van der Waals surface area contributed by atoms with Crippen LogP contribution in [-0.4, -0.2) is 26.0 Å². The van der Waals surface area contributed by atoms with Crippen molar-refractivity contribution in [3.05, 3.63) is 30.3 Å². The Bertz CT molecular complexity index is 391. The zero-order valence-electron chi connectivity index (χ0n) is 11.2. The van der Waals surface area contributed by atoms with Gasteiger partial charge in [-0.1, -0.05) is 25.1 Å². The molecule has 2 unspecified atom stereocenters. The molecule has 98 valence electrons. The first-order valence-electron chi connectivity index (χ1n) is 6.72. The first-order valence-corrected chi connectivity index (χ1v) is 6.72. The van der Waals surface area contributed by atoms with E-state index in [1.54, 1.807) is 0 Å². The highest BCUT2D eigenvalue weighted by atomic mass is 16.2. The van der Waals surface area contributed by atoms with Gasteiger partial charge in [-0.2, -0.15) is 0 Å².